The third-order valence-corrected chi connectivity index (χ3v) is 4.37. The third-order valence-electron chi connectivity index (χ3n) is 4.03. The van der Waals surface area contributed by atoms with Crippen molar-refractivity contribution in [2.45, 2.75) is 18.6 Å². The van der Waals surface area contributed by atoms with Gasteiger partial charge in [0.25, 0.3) is 0 Å². The van der Waals surface area contributed by atoms with Crippen LogP contribution in [0.15, 0.2) is 48.5 Å². The minimum atomic E-state index is -4.38. The number of hydrogen-bond donors (Lipinski definition) is 1. The van der Waals surface area contributed by atoms with E-state index in [0.717, 1.165) is 17.7 Å². The van der Waals surface area contributed by atoms with Crippen LogP contribution in [0.2, 0.25) is 5.02 Å². The second kappa shape index (κ2) is 8.56. The fraction of sp³-hybridized carbons (Fsp3) is 0.316. The normalized spacial score (nSPS) is 12.9. The summed E-state index contributed by atoms with van der Waals surface area (Å²) in [5.41, 5.74) is 0.691. The van der Waals surface area contributed by atoms with Crippen LogP contribution in [0.1, 0.15) is 22.7 Å². The van der Waals surface area contributed by atoms with Crippen LogP contribution in [0, 0.1) is 0 Å². The van der Waals surface area contributed by atoms with Crippen LogP contribution in [-0.4, -0.2) is 31.4 Å². The molecule has 7 heteroatoms. The lowest BCUT2D eigenvalue weighted by Crippen LogP contribution is -2.35. The number of likely N-dealkylation sites (N-methyl/N-ethyl adjacent to an activating group) is 1. The van der Waals surface area contributed by atoms with Crippen molar-refractivity contribution >= 4 is 17.5 Å². The Morgan fingerprint density at radius 2 is 1.73 bits per heavy atom. The Balaban J connectivity index is 1.97. The summed E-state index contributed by atoms with van der Waals surface area (Å²) < 4.78 is 37.7. The molecule has 0 aliphatic heterocycles. The molecule has 0 aromatic heterocycles. The molecule has 1 N–H and O–H groups in total. The Morgan fingerprint density at radius 3 is 2.27 bits per heavy atom. The maximum absolute atomic E-state index is 12.6. The van der Waals surface area contributed by atoms with Crippen molar-refractivity contribution < 1.29 is 18.0 Å². The number of hydrogen-bond acceptors (Lipinski definition) is 2. The minimum absolute atomic E-state index is 0.0147. The number of benzene rings is 2. The van der Waals surface area contributed by atoms with Gasteiger partial charge in [-0.2, -0.15) is 13.2 Å². The number of nitrogens with zero attached hydrogens (tertiary/aromatic N) is 1. The van der Waals surface area contributed by atoms with Crippen LogP contribution >= 0.6 is 11.6 Å². The molecule has 140 valence electrons. The first-order valence-corrected chi connectivity index (χ1v) is 8.40. The molecule has 0 saturated carbocycles. The van der Waals surface area contributed by atoms with Crippen molar-refractivity contribution in [1.29, 1.82) is 0 Å². The lowest BCUT2D eigenvalue weighted by molar-refractivity contribution is -0.137. The van der Waals surface area contributed by atoms with Crippen LogP contribution in [0.5, 0.6) is 0 Å². The van der Waals surface area contributed by atoms with Crippen molar-refractivity contribution in [3.8, 4) is 0 Å². The monoisotopic (exact) mass is 384 g/mol. The van der Waals surface area contributed by atoms with Crippen LogP contribution in [0.25, 0.3) is 0 Å². The van der Waals surface area contributed by atoms with Gasteiger partial charge in [0, 0.05) is 11.6 Å². The van der Waals surface area contributed by atoms with Crippen molar-refractivity contribution in [3.63, 3.8) is 0 Å². The van der Waals surface area contributed by atoms with Gasteiger partial charge >= 0.3 is 6.18 Å². The van der Waals surface area contributed by atoms with Crippen LogP contribution in [-0.2, 0) is 17.4 Å². The number of nitrogens with one attached hydrogen (secondary N) is 1. The number of carbonyl (C=O) groups is 1. The zero-order valence-corrected chi connectivity index (χ0v) is 15.2. The largest absolute Gasteiger partial charge is 0.416 e. The van der Waals surface area contributed by atoms with E-state index in [-0.39, 0.29) is 18.4 Å². The van der Waals surface area contributed by atoms with E-state index in [1.807, 2.05) is 37.2 Å². The number of amides is 1. The Kier molecular flexibility index (Phi) is 6.67. The van der Waals surface area contributed by atoms with Gasteiger partial charge in [-0.3, -0.25) is 4.79 Å². The lowest BCUT2D eigenvalue weighted by atomic mass is 10.1. The molecule has 0 fully saturated rings. The number of carbonyl (C=O) groups excluding carboxylic acids is 1. The summed E-state index contributed by atoms with van der Waals surface area (Å²) in [7, 11) is 3.77. The molecule has 1 unspecified atom stereocenters. The van der Waals surface area contributed by atoms with Crippen molar-refractivity contribution in [3.05, 3.63) is 70.2 Å². The summed E-state index contributed by atoms with van der Waals surface area (Å²) >= 11 is 6.23. The molecule has 1 amide bonds. The Hall–Kier alpha value is -2.05. The highest BCUT2D eigenvalue weighted by Gasteiger charge is 2.30. The molecule has 0 spiro atoms. The molecular formula is C19H20ClF3N2O. The van der Waals surface area contributed by atoms with Gasteiger partial charge < -0.3 is 10.2 Å². The Bertz CT molecular complexity index is 745. The topological polar surface area (TPSA) is 32.3 Å². The van der Waals surface area contributed by atoms with Crippen LogP contribution < -0.4 is 5.32 Å². The summed E-state index contributed by atoms with van der Waals surface area (Å²) in [6, 6.07) is 11.9. The van der Waals surface area contributed by atoms with E-state index in [1.54, 1.807) is 6.07 Å². The van der Waals surface area contributed by atoms with Gasteiger partial charge in [0.1, 0.15) is 0 Å². The van der Waals surface area contributed by atoms with Crippen LogP contribution in [0.4, 0.5) is 13.2 Å². The molecule has 2 aromatic carbocycles. The van der Waals surface area contributed by atoms with Crippen molar-refractivity contribution in [2.24, 2.45) is 0 Å². The number of rotatable bonds is 6. The third kappa shape index (κ3) is 5.47. The number of alkyl halides is 3. The second-order valence-corrected chi connectivity index (χ2v) is 6.58. The summed E-state index contributed by atoms with van der Waals surface area (Å²) in [6.07, 6.45) is -4.37. The van der Waals surface area contributed by atoms with Gasteiger partial charge in [-0.1, -0.05) is 41.9 Å². The van der Waals surface area contributed by atoms with Crippen molar-refractivity contribution in [2.75, 3.05) is 20.6 Å². The fourth-order valence-corrected chi connectivity index (χ4v) is 2.85. The van der Waals surface area contributed by atoms with E-state index in [4.69, 9.17) is 11.6 Å². The van der Waals surface area contributed by atoms with E-state index in [9.17, 15) is 18.0 Å². The zero-order valence-electron chi connectivity index (χ0n) is 14.5. The highest BCUT2D eigenvalue weighted by atomic mass is 35.5. The first-order valence-electron chi connectivity index (χ1n) is 8.02. The van der Waals surface area contributed by atoms with Gasteiger partial charge in [0.2, 0.25) is 5.91 Å². The van der Waals surface area contributed by atoms with E-state index in [2.05, 4.69) is 5.32 Å². The Morgan fingerprint density at radius 1 is 1.12 bits per heavy atom. The Labute approximate surface area is 155 Å². The lowest BCUT2D eigenvalue weighted by Gasteiger charge is -2.26. The van der Waals surface area contributed by atoms with Gasteiger partial charge in [-0.25, -0.2) is 0 Å². The maximum Gasteiger partial charge on any atom is 0.416 e. The van der Waals surface area contributed by atoms with E-state index in [1.165, 1.54) is 12.1 Å². The molecule has 0 radical (unpaired) electrons. The van der Waals surface area contributed by atoms with Crippen molar-refractivity contribution in [1.82, 2.24) is 10.2 Å². The molecular weight excluding hydrogens is 365 g/mol. The van der Waals surface area contributed by atoms with E-state index >= 15 is 0 Å². The fourth-order valence-electron chi connectivity index (χ4n) is 2.59. The molecule has 2 aromatic rings. The molecule has 2 rings (SSSR count). The molecule has 1 atom stereocenters. The van der Waals surface area contributed by atoms with Gasteiger partial charge in [-0.15, -0.1) is 0 Å². The zero-order chi connectivity index (χ0) is 19.3. The molecule has 26 heavy (non-hydrogen) atoms. The first kappa shape index (κ1) is 20.3. The van der Waals surface area contributed by atoms with Crippen LogP contribution in [0.3, 0.4) is 0 Å². The van der Waals surface area contributed by atoms with E-state index in [0.29, 0.717) is 17.1 Å². The SMILES string of the molecule is CN(C)C(CNC(=O)Cc1ccc(C(F)(F)F)cc1)c1ccccc1Cl. The first-order chi connectivity index (χ1) is 12.2. The second-order valence-electron chi connectivity index (χ2n) is 6.18. The molecule has 0 heterocycles. The van der Waals surface area contributed by atoms with E-state index < -0.39 is 11.7 Å². The summed E-state index contributed by atoms with van der Waals surface area (Å²) in [4.78, 5) is 14.1. The number of halogens is 4. The molecule has 0 aliphatic carbocycles. The molecule has 0 bridgehead atoms. The predicted octanol–water partition coefficient (Wildman–Crippen LogP) is 4.32. The highest BCUT2D eigenvalue weighted by Crippen LogP contribution is 2.29. The van der Waals surface area contributed by atoms with Gasteiger partial charge in [-0.05, 0) is 43.4 Å². The summed E-state index contributed by atoms with van der Waals surface area (Å²) in [5, 5.41) is 3.44. The predicted molar refractivity (Wildman–Crippen MR) is 96.0 cm³/mol. The smallest absolute Gasteiger partial charge is 0.354 e. The van der Waals surface area contributed by atoms with Gasteiger partial charge in [0.15, 0.2) is 0 Å². The highest BCUT2D eigenvalue weighted by molar-refractivity contribution is 6.31. The van der Waals surface area contributed by atoms with Gasteiger partial charge in [0.05, 0.1) is 18.0 Å². The average molecular weight is 385 g/mol. The standard InChI is InChI=1S/C19H20ClF3N2O/c1-25(2)17(15-5-3-4-6-16(15)20)12-24-18(26)11-13-7-9-14(10-8-13)19(21,22)23/h3-10,17H,11-12H2,1-2H3,(H,24,26). The summed E-state index contributed by atoms with van der Waals surface area (Å²) in [5.74, 6) is -0.260. The summed E-state index contributed by atoms with van der Waals surface area (Å²) in [6.45, 7) is 0.343. The maximum atomic E-state index is 12.6. The molecule has 0 saturated heterocycles. The molecule has 0 aliphatic rings. The quantitative estimate of drug-likeness (QED) is 0.804. The molecule has 3 nitrogen and oxygen atoms in total. The average Bonchev–Trinajstić information content (AvgIpc) is 2.56. The minimum Gasteiger partial charge on any atom is -0.354 e.